The lowest BCUT2D eigenvalue weighted by atomic mass is 9.96. The van der Waals surface area contributed by atoms with Crippen LogP contribution in [0.2, 0.25) is 0 Å². The third-order valence-corrected chi connectivity index (χ3v) is 14.2. The molecule has 2 unspecified atom stereocenters. The van der Waals surface area contributed by atoms with Crippen LogP contribution in [-0.4, -0.2) is 187 Å². The number of carbonyl (C=O) groups excluding carboxylic acids is 8. The second-order valence-corrected chi connectivity index (χ2v) is 23.3. The van der Waals surface area contributed by atoms with Gasteiger partial charge in [0.1, 0.15) is 59.8 Å². The largest absolute Gasteiger partial charge is 0.480 e. The summed E-state index contributed by atoms with van der Waals surface area (Å²) in [6.45, 7) is 5.42. The van der Waals surface area contributed by atoms with Crippen molar-refractivity contribution in [2.75, 3.05) is 31.2 Å². The van der Waals surface area contributed by atoms with E-state index in [1.54, 1.807) is 81.4 Å². The van der Waals surface area contributed by atoms with E-state index in [2.05, 4.69) is 47.2 Å². The van der Waals surface area contributed by atoms with Gasteiger partial charge in [-0.05, 0) is 55.1 Å². The number of nitrogens with one attached hydrogen (secondary N) is 8. The van der Waals surface area contributed by atoms with E-state index in [4.69, 9.17) is 28.7 Å². The summed E-state index contributed by atoms with van der Waals surface area (Å²) in [6, 6.07) is 0.340. The first-order valence-electron chi connectivity index (χ1n) is 26.8. The zero-order valence-electron chi connectivity index (χ0n) is 47.5. The molecule has 0 aromatic heterocycles. The fourth-order valence-electron chi connectivity index (χ4n) is 8.07. The minimum Gasteiger partial charge on any atom is -0.480 e. The molecule has 0 aliphatic carbocycles. The zero-order valence-corrected chi connectivity index (χ0v) is 49.1. The normalized spacial score (nSPS) is 15.0. The maximum Gasteiger partial charge on any atom is 0.326 e. The fraction of sp³-hybridized carbons (Fsp3) is 0.549. The summed E-state index contributed by atoms with van der Waals surface area (Å²) in [5.41, 5.74) is 28.2. The molecule has 0 saturated carbocycles. The molecule has 34 heteroatoms. The van der Waals surface area contributed by atoms with E-state index in [-0.39, 0.29) is 82.3 Å². The molecule has 2 rings (SSSR count). The number of nitrogens with zero attached hydrogens (tertiary/aromatic N) is 2. The molecule has 10 atom stereocenters. The van der Waals surface area contributed by atoms with Crippen molar-refractivity contribution >= 4 is 85.4 Å². The number of hydrogen-bond donors (Lipinski definition) is 17. The molecule has 0 fully saturated rings. The van der Waals surface area contributed by atoms with Crippen molar-refractivity contribution in [3.63, 3.8) is 0 Å². The van der Waals surface area contributed by atoms with E-state index in [1.165, 1.54) is 6.92 Å². The Hall–Kier alpha value is -8.05. The average Bonchev–Trinajstić information content (AvgIpc) is 3.51. The van der Waals surface area contributed by atoms with Crippen LogP contribution in [-0.2, 0) is 76.2 Å². The smallest absolute Gasteiger partial charge is 0.326 e. The predicted octanol–water partition coefficient (Wildman–Crippen LogP) is -5.27. The molecule has 0 saturated heterocycles. The standard InChI is InChI=1S/C51H81N15O17S2/c1-5-29(4)40(66-47(74)39(27-85(81,82)83)64-42(69)34(22-28(2)3)60-41(68)32(52)18-12-20-57-50(53)54)48(75)62-36(24-31-16-10-7-11-17-31)44(71)63-37(25-67)45(72)65-38(26-84(78,79)80)46(73)61-35(23-30-14-8-6-9-15-30)43(70)59-33(49(76)77)19-13-21-58-51(55)56/h6-11,14-17,28-29,32-40,67H,5,12-13,18-27,52H2,1-4H3,(H,59,70)(H,60,68)(H,61,73)(H,62,75)(H,63,71)(H,64,69)(H,65,72)(H,66,74)(H,76,77)(H4,53,54,57)(H4,55,56,58)(H,78,79,80)(H,81,82,83)/t29-,32-,33-,34-,35-,36-,37-,38?,39?,40-/m0/s1. The van der Waals surface area contributed by atoms with Crippen molar-refractivity contribution < 1.29 is 79.3 Å². The lowest BCUT2D eigenvalue weighted by molar-refractivity contribution is -0.142. The Balaban J connectivity index is 2.48. The molecule has 0 radical (unpaired) electrons. The molecule has 0 aliphatic rings. The van der Waals surface area contributed by atoms with E-state index in [1.807, 2.05) is 5.32 Å². The summed E-state index contributed by atoms with van der Waals surface area (Å²) in [6.07, 6.45) is -0.284. The van der Waals surface area contributed by atoms with Gasteiger partial charge in [0.25, 0.3) is 20.2 Å². The van der Waals surface area contributed by atoms with Crippen molar-refractivity contribution in [1.82, 2.24) is 42.5 Å². The summed E-state index contributed by atoms with van der Waals surface area (Å²) in [4.78, 5) is 131. The number of carboxylic acid groups (broad SMARTS) is 1. The van der Waals surface area contributed by atoms with Crippen molar-refractivity contribution in [1.29, 1.82) is 0 Å². The highest BCUT2D eigenvalue weighted by Gasteiger charge is 2.38. The molecule has 474 valence electrons. The zero-order chi connectivity index (χ0) is 64.2. The van der Waals surface area contributed by atoms with Gasteiger partial charge in [0.2, 0.25) is 47.3 Å². The van der Waals surface area contributed by atoms with Crippen LogP contribution < -0.4 is 71.2 Å². The minimum absolute atomic E-state index is 0.00206. The van der Waals surface area contributed by atoms with Gasteiger partial charge >= 0.3 is 5.97 Å². The maximum atomic E-state index is 14.4. The van der Waals surface area contributed by atoms with Crippen LogP contribution in [0.1, 0.15) is 77.3 Å². The van der Waals surface area contributed by atoms with Crippen LogP contribution in [0, 0.1) is 11.8 Å². The molecule has 32 nitrogen and oxygen atoms in total. The number of aliphatic hydroxyl groups is 1. The van der Waals surface area contributed by atoms with Crippen LogP contribution in [0.3, 0.4) is 0 Å². The number of aliphatic hydroxyl groups excluding tert-OH is 1. The molecule has 8 amide bonds. The van der Waals surface area contributed by atoms with Gasteiger partial charge in [-0.2, -0.15) is 16.8 Å². The highest BCUT2D eigenvalue weighted by molar-refractivity contribution is 7.86. The van der Waals surface area contributed by atoms with Gasteiger partial charge in [0.05, 0.1) is 12.6 Å². The highest BCUT2D eigenvalue weighted by atomic mass is 32.2. The van der Waals surface area contributed by atoms with E-state index in [0.29, 0.717) is 11.1 Å². The number of hydrogen-bond acceptors (Lipinski definition) is 17. The van der Waals surface area contributed by atoms with Gasteiger partial charge in [0.15, 0.2) is 11.9 Å². The topological polar surface area (TPSA) is 554 Å². The number of carbonyl (C=O) groups is 9. The Bertz CT molecular complexity index is 2860. The minimum atomic E-state index is -5.16. The number of rotatable bonds is 38. The monoisotopic (exact) mass is 1240 g/mol. The molecule has 0 aliphatic heterocycles. The highest BCUT2D eigenvalue weighted by Crippen LogP contribution is 2.14. The van der Waals surface area contributed by atoms with Gasteiger partial charge in [0, 0.05) is 25.9 Å². The third-order valence-electron chi connectivity index (χ3n) is 12.7. The molecule has 2 aromatic carbocycles. The summed E-state index contributed by atoms with van der Waals surface area (Å²) < 4.78 is 69.0. The van der Waals surface area contributed by atoms with Gasteiger partial charge in [-0.25, -0.2) is 4.79 Å². The SMILES string of the molecule is CC[C@H](C)[C@H](NC(=O)C(CS(=O)(=O)O)NC(=O)[C@H](CC(C)C)NC(=O)[C@@H](N)CCCN=C(N)N)C(=O)N[C@@H](Cc1ccccc1)C(=O)N[C@@H](CO)C(=O)NC(CS(=O)(=O)O)C(=O)N[C@@H](Cc1ccccc1)C(=O)N[C@@H](CCCN=C(N)N)C(=O)O. The number of guanidine groups is 2. The maximum absolute atomic E-state index is 14.4. The number of carboxylic acids is 1. The average molecular weight is 1240 g/mol. The van der Waals surface area contributed by atoms with Gasteiger partial charge < -0.3 is 81.4 Å². The predicted molar refractivity (Wildman–Crippen MR) is 310 cm³/mol. The summed E-state index contributed by atoms with van der Waals surface area (Å²) in [5, 5.41) is 38.7. The summed E-state index contributed by atoms with van der Waals surface area (Å²) in [5.74, 6) is -15.3. The van der Waals surface area contributed by atoms with Crippen LogP contribution in [0.4, 0.5) is 0 Å². The van der Waals surface area contributed by atoms with Gasteiger partial charge in [-0.3, -0.25) is 57.4 Å². The van der Waals surface area contributed by atoms with Gasteiger partial charge in [-0.15, -0.1) is 0 Å². The summed E-state index contributed by atoms with van der Waals surface area (Å²) >= 11 is 0. The molecule has 22 N–H and O–H groups in total. The second kappa shape index (κ2) is 35.9. The Labute approximate surface area is 492 Å². The van der Waals surface area contributed by atoms with E-state index in [9.17, 15) is 79.3 Å². The van der Waals surface area contributed by atoms with E-state index >= 15 is 0 Å². The Morgan fingerprint density at radius 2 is 0.871 bits per heavy atom. The van der Waals surface area contributed by atoms with Crippen molar-refractivity contribution in [2.45, 2.75) is 133 Å². The van der Waals surface area contributed by atoms with Crippen LogP contribution in [0.5, 0.6) is 0 Å². The number of aliphatic imine (C=N–C) groups is 2. The molecule has 0 bridgehead atoms. The van der Waals surface area contributed by atoms with Gasteiger partial charge in [-0.1, -0.05) is 94.8 Å². The molecule has 0 spiro atoms. The Kier molecular flexibility index (Phi) is 30.9. The van der Waals surface area contributed by atoms with E-state index in [0.717, 1.165) is 0 Å². The fourth-order valence-corrected chi connectivity index (χ4v) is 9.38. The lowest BCUT2D eigenvalue weighted by Crippen LogP contribution is -2.62. The van der Waals surface area contributed by atoms with Crippen LogP contribution in [0.15, 0.2) is 70.6 Å². The first-order chi connectivity index (χ1) is 39.7. The quantitative estimate of drug-likeness (QED) is 0.0129. The Morgan fingerprint density at radius 3 is 1.28 bits per heavy atom. The number of amides is 8. The van der Waals surface area contributed by atoms with Crippen molar-refractivity contribution in [2.24, 2.45) is 50.5 Å². The molecule has 2 aromatic rings. The Morgan fingerprint density at radius 1 is 0.506 bits per heavy atom. The third kappa shape index (κ3) is 28.9. The second-order valence-electron chi connectivity index (χ2n) is 20.3. The van der Waals surface area contributed by atoms with Crippen molar-refractivity contribution in [3.8, 4) is 0 Å². The molecular weight excluding hydrogens is 1160 g/mol. The molecular formula is C51H81N15O17S2. The van der Waals surface area contributed by atoms with Crippen LogP contribution >= 0.6 is 0 Å². The first-order valence-corrected chi connectivity index (χ1v) is 30.1. The molecule has 85 heavy (non-hydrogen) atoms. The first kappa shape index (κ1) is 73.1. The number of aliphatic carboxylic acids is 1. The van der Waals surface area contributed by atoms with Crippen molar-refractivity contribution in [3.05, 3.63) is 71.8 Å². The van der Waals surface area contributed by atoms with E-state index < -0.39 is 152 Å². The number of benzene rings is 2. The lowest BCUT2D eigenvalue weighted by Gasteiger charge is -2.29. The van der Waals surface area contributed by atoms with Crippen LogP contribution in [0.25, 0.3) is 0 Å². The summed E-state index contributed by atoms with van der Waals surface area (Å²) in [7, 11) is -10.2. The number of nitrogens with two attached hydrogens (primary N) is 5. The molecule has 0 heterocycles.